The molecule has 0 radical (unpaired) electrons. The van der Waals surface area contributed by atoms with E-state index in [0.29, 0.717) is 31.3 Å². The van der Waals surface area contributed by atoms with Crippen LogP contribution in [-0.2, 0) is 9.47 Å². The summed E-state index contributed by atoms with van der Waals surface area (Å²) < 4.78 is 16.6. The number of aromatic nitrogens is 2. The number of unbranched alkanes of at least 4 members (excludes halogenated alkanes) is 2. The van der Waals surface area contributed by atoms with Crippen molar-refractivity contribution in [3.05, 3.63) is 54.4 Å². The smallest absolute Gasteiger partial charge is 0.224 e. The lowest BCUT2D eigenvalue weighted by atomic mass is 10.2. The molecule has 2 aromatic rings. The maximum atomic E-state index is 8.93. The number of benzene rings is 1. The van der Waals surface area contributed by atoms with Crippen molar-refractivity contribution >= 4 is 10.9 Å². The van der Waals surface area contributed by atoms with Crippen LogP contribution in [0.5, 0.6) is 5.88 Å². The van der Waals surface area contributed by atoms with Crippen LogP contribution in [0.1, 0.15) is 25.7 Å². The van der Waals surface area contributed by atoms with Crippen LogP contribution in [0, 0.1) is 0 Å². The molecule has 0 saturated carbocycles. The van der Waals surface area contributed by atoms with E-state index in [1.54, 1.807) is 6.26 Å². The Kier molecular flexibility index (Phi) is 6.23. The standard InChI is InChI=1S/C19H22N2O4/c22-12-15-8-9-16(13-25-15)23-10-4-1-5-11-24-19-17-6-2-3-7-18(17)20-14-21-19/h2-3,6-8,13-14,22H,1,4-5,9-12H2. The summed E-state index contributed by atoms with van der Waals surface area (Å²) in [7, 11) is 0. The summed E-state index contributed by atoms with van der Waals surface area (Å²) in [6.45, 7) is 1.19. The van der Waals surface area contributed by atoms with Crippen molar-refractivity contribution in [3.8, 4) is 5.88 Å². The molecular formula is C19H22N2O4. The van der Waals surface area contributed by atoms with Crippen molar-refractivity contribution in [2.24, 2.45) is 0 Å². The van der Waals surface area contributed by atoms with Gasteiger partial charge in [-0.25, -0.2) is 9.97 Å². The molecule has 6 heteroatoms. The summed E-state index contributed by atoms with van der Waals surface area (Å²) in [6.07, 6.45) is 8.48. The molecule has 1 aromatic carbocycles. The zero-order valence-corrected chi connectivity index (χ0v) is 14.1. The Morgan fingerprint density at radius 3 is 2.68 bits per heavy atom. The normalized spacial score (nSPS) is 13.8. The second-order valence-electron chi connectivity index (χ2n) is 5.69. The zero-order valence-electron chi connectivity index (χ0n) is 14.1. The summed E-state index contributed by atoms with van der Waals surface area (Å²) in [4.78, 5) is 8.44. The Hall–Kier alpha value is -2.60. The van der Waals surface area contributed by atoms with E-state index < -0.39 is 0 Å². The fourth-order valence-electron chi connectivity index (χ4n) is 2.49. The summed E-state index contributed by atoms with van der Waals surface area (Å²) >= 11 is 0. The van der Waals surface area contributed by atoms with E-state index in [1.165, 1.54) is 6.33 Å². The van der Waals surface area contributed by atoms with Gasteiger partial charge in [-0.05, 0) is 37.5 Å². The molecule has 0 atom stereocenters. The number of allylic oxidation sites excluding steroid dienone is 1. The van der Waals surface area contributed by atoms with Gasteiger partial charge in [0.25, 0.3) is 0 Å². The SMILES string of the molecule is OCC1=CCC(OCCCCCOc2ncnc3ccccc23)=CO1. The van der Waals surface area contributed by atoms with Crippen LogP contribution in [0.4, 0.5) is 0 Å². The summed E-state index contributed by atoms with van der Waals surface area (Å²) in [5.74, 6) is 2.00. The minimum absolute atomic E-state index is 0.0780. The second-order valence-corrected chi connectivity index (χ2v) is 5.69. The molecule has 1 aliphatic heterocycles. The number of ether oxygens (including phenoxy) is 3. The summed E-state index contributed by atoms with van der Waals surface area (Å²) in [6, 6.07) is 7.82. The number of nitrogens with zero attached hydrogens (tertiary/aromatic N) is 2. The Labute approximate surface area is 146 Å². The number of aliphatic hydroxyl groups is 1. The Bertz CT molecular complexity index is 753. The van der Waals surface area contributed by atoms with Gasteiger partial charge < -0.3 is 19.3 Å². The third kappa shape index (κ3) is 4.93. The monoisotopic (exact) mass is 342 g/mol. The highest BCUT2D eigenvalue weighted by Crippen LogP contribution is 2.21. The fraction of sp³-hybridized carbons (Fsp3) is 0.368. The van der Waals surface area contributed by atoms with Crippen LogP contribution >= 0.6 is 0 Å². The number of rotatable bonds is 9. The van der Waals surface area contributed by atoms with Gasteiger partial charge in [0.1, 0.15) is 30.7 Å². The Morgan fingerprint density at radius 1 is 1.04 bits per heavy atom. The van der Waals surface area contributed by atoms with E-state index in [2.05, 4.69) is 9.97 Å². The molecule has 1 aliphatic rings. The molecule has 0 aliphatic carbocycles. The molecule has 0 fully saturated rings. The van der Waals surface area contributed by atoms with Gasteiger partial charge in [-0.1, -0.05) is 12.1 Å². The van der Waals surface area contributed by atoms with E-state index in [0.717, 1.165) is 35.9 Å². The number of hydrogen-bond acceptors (Lipinski definition) is 6. The van der Waals surface area contributed by atoms with Crippen molar-refractivity contribution in [1.29, 1.82) is 0 Å². The van der Waals surface area contributed by atoms with Crippen molar-refractivity contribution in [1.82, 2.24) is 9.97 Å². The number of aliphatic hydroxyl groups excluding tert-OH is 1. The van der Waals surface area contributed by atoms with Gasteiger partial charge in [0.15, 0.2) is 0 Å². The highest BCUT2D eigenvalue weighted by atomic mass is 16.5. The first-order valence-corrected chi connectivity index (χ1v) is 8.48. The van der Waals surface area contributed by atoms with Crippen LogP contribution in [0.3, 0.4) is 0 Å². The molecule has 0 amide bonds. The lowest BCUT2D eigenvalue weighted by molar-refractivity contribution is 0.163. The minimum atomic E-state index is -0.0780. The number of para-hydroxylation sites is 1. The first-order valence-electron chi connectivity index (χ1n) is 8.48. The number of hydrogen-bond donors (Lipinski definition) is 1. The average Bonchev–Trinajstić information content (AvgIpc) is 2.68. The van der Waals surface area contributed by atoms with Gasteiger partial charge in [0, 0.05) is 6.42 Å². The van der Waals surface area contributed by atoms with Crippen LogP contribution in [0.15, 0.2) is 54.4 Å². The lowest BCUT2D eigenvalue weighted by Crippen LogP contribution is -2.04. The van der Waals surface area contributed by atoms with Crippen molar-refractivity contribution in [2.75, 3.05) is 19.8 Å². The van der Waals surface area contributed by atoms with Crippen LogP contribution in [0.2, 0.25) is 0 Å². The van der Waals surface area contributed by atoms with Crippen LogP contribution < -0.4 is 4.74 Å². The molecule has 0 unspecified atom stereocenters. The second kappa shape index (κ2) is 9.03. The highest BCUT2D eigenvalue weighted by molar-refractivity contribution is 5.82. The lowest BCUT2D eigenvalue weighted by Gasteiger charge is -2.14. The first kappa shape index (κ1) is 17.2. The van der Waals surface area contributed by atoms with Crippen LogP contribution in [-0.4, -0.2) is 34.9 Å². The van der Waals surface area contributed by atoms with Gasteiger partial charge in [0.05, 0.1) is 24.1 Å². The molecule has 25 heavy (non-hydrogen) atoms. The van der Waals surface area contributed by atoms with E-state index in [4.69, 9.17) is 19.3 Å². The molecule has 0 saturated heterocycles. The molecule has 0 spiro atoms. The highest BCUT2D eigenvalue weighted by Gasteiger charge is 2.07. The van der Waals surface area contributed by atoms with E-state index >= 15 is 0 Å². The Morgan fingerprint density at radius 2 is 1.88 bits per heavy atom. The van der Waals surface area contributed by atoms with Crippen molar-refractivity contribution in [2.45, 2.75) is 25.7 Å². The molecule has 1 aromatic heterocycles. The topological polar surface area (TPSA) is 73.7 Å². The van der Waals surface area contributed by atoms with Gasteiger partial charge >= 0.3 is 0 Å². The molecule has 2 heterocycles. The van der Waals surface area contributed by atoms with Gasteiger partial charge in [0.2, 0.25) is 5.88 Å². The molecule has 1 N–H and O–H groups in total. The van der Waals surface area contributed by atoms with Gasteiger partial charge in [-0.2, -0.15) is 0 Å². The van der Waals surface area contributed by atoms with Gasteiger partial charge in [-0.15, -0.1) is 0 Å². The zero-order chi connectivity index (χ0) is 17.3. The largest absolute Gasteiger partial charge is 0.494 e. The summed E-state index contributed by atoms with van der Waals surface area (Å²) in [5, 5.41) is 9.87. The summed E-state index contributed by atoms with van der Waals surface area (Å²) in [5.41, 5.74) is 0.891. The van der Waals surface area contributed by atoms with E-state index in [9.17, 15) is 0 Å². The molecule has 132 valence electrons. The third-order valence-electron chi connectivity index (χ3n) is 3.85. The van der Waals surface area contributed by atoms with E-state index in [-0.39, 0.29) is 6.61 Å². The van der Waals surface area contributed by atoms with E-state index in [1.807, 2.05) is 30.3 Å². The van der Waals surface area contributed by atoms with Crippen LogP contribution in [0.25, 0.3) is 10.9 Å². The Balaban J connectivity index is 1.31. The molecule has 6 nitrogen and oxygen atoms in total. The molecule has 3 rings (SSSR count). The minimum Gasteiger partial charge on any atom is -0.494 e. The molecular weight excluding hydrogens is 320 g/mol. The average molecular weight is 342 g/mol. The maximum Gasteiger partial charge on any atom is 0.224 e. The first-order chi connectivity index (χ1) is 12.4. The quantitative estimate of drug-likeness (QED) is 0.705. The van der Waals surface area contributed by atoms with Gasteiger partial charge in [-0.3, -0.25) is 0 Å². The predicted molar refractivity (Wildman–Crippen MR) is 93.8 cm³/mol. The third-order valence-corrected chi connectivity index (χ3v) is 3.85. The fourth-order valence-corrected chi connectivity index (χ4v) is 2.49. The molecule has 0 bridgehead atoms. The number of fused-ring (bicyclic) bond motifs is 1. The maximum absolute atomic E-state index is 8.93. The predicted octanol–water partition coefficient (Wildman–Crippen LogP) is 3.33. The van der Waals surface area contributed by atoms with Crippen molar-refractivity contribution in [3.63, 3.8) is 0 Å². The van der Waals surface area contributed by atoms with Crippen molar-refractivity contribution < 1.29 is 19.3 Å².